The Morgan fingerprint density at radius 2 is 2.03 bits per heavy atom. The van der Waals surface area contributed by atoms with E-state index in [1.165, 1.54) is 4.57 Å². The van der Waals surface area contributed by atoms with Gasteiger partial charge in [-0.05, 0) is 49.4 Å². The number of nitriles is 1. The van der Waals surface area contributed by atoms with Crippen molar-refractivity contribution in [3.63, 3.8) is 0 Å². The summed E-state index contributed by atoms with van der Waals surface area (Å²) in [7, 11) is 0. The molecule has 170 valence electrons. The van der Waals surface area contributed by atoms with E-state index >= 15 is 0 Å². The van der Waals surface area contributed by atoms with Crippen molar-refractivity contribution in [3.05, 3.63) is 63.2 Å². The fourth-order valence-corrected chi connectivity index (χ4v) is 4.22. The molecule has 0 unspecified atom stereocenters. The number of hydrogen-bond donors (Lipinski definition) is 2. The molecule has 1 aliphatic rings. The number of nitrogens with zero attached hydrogens (tertiary/aromatic N) is 7. The van der Waals surface area contributed by atoms with Gasteiger partial charge in [-0.25, -0.2) is 9.55 Å². The molecule has 4 aromatic rings. The number of halogens is 1. The van der Waals surface area contributed by atoms with Crippen molar-refractivity contribution in [1.82, 2.24) is 24.5 Å². The lowest BCUT2D eigenvalue weighted by atomic mass is 10.2. The molecule has 4 N–H and O–H groups in total. The van der Waals surface area contributed by atoms with Crippen molar-refractivity contribution >= 4 is 46.0 Å². The zero-order valence-electron chi connectivity index (χ0n) is 18.2. The summed E-state index contributed by atoms with van der Waals surface area (Å²) >= 11 is 6.41. The molecular weight excluding hydrogens is 454 g/mol. The van der Waals surface area contributed by atoms with Gasteiger partial charge in [-0.3, -0.25) is 14.7 Å². The van der Waals surface area contributed by atoms with Crippen LogP contribution in [0, 0.1) is 11.3 Å². The van der Waals surface area contributed by atoms with Crippen LogP contribution in [0.5, 0.6) is 0 Å². The van der Waals surface area contributed by atoms with Crippen LogP contribution in [-0.2, 0) is 0 Å². The summed E-state index contributed by atoms with van der Waals surface area (Å²) in [5.41, 5.74) is 13.5. The summed E-state index contributed by atoms with van der Waals surface area (Å²) in [5.74, 6) is 0.658. The maximum absolute atomic E-state index is 13.8. The summed E-state index contributed by atoms with van der Waals surface area (Å²) in [4.78, 5) is 32.7. The van der Waals surface area contributed by atoms with Crippen molar-refractivity contribution in [2.75, 3.05) is 22.9 Å². The molecule has 3 heterocycles. The molecule has 1 aromatic carbocycles. The highest BCUT2D eigenvalue weighted by Crippen LogP contribution is 2.40. The monoisotopic (exact) mass is 473 g/mol. The minimum atomic E-state index is -0.368. The minimum absolute atomic E-state index is 0.0351. The van der Waals surface area contributed by atoms with E-state index in [2.05, 4.69) is 15.0 Å². The third kappa shape index (κ3) is 3.56. The second-order valence-electron chi connectivity index (χ2n) is 7.96. The van der Waals surface area contributed by atoms with Crippen molar-refractivity contribution in [3.8, 4) is 11.8 Å². The molecule has 1 fully saturated rings. The minimum Gasteiger partial charge on any atom is -0.382 e. The third-order valence-electron chi connectivity index (χ3n) is 5.74. The molecule has 0 radical (unpaired) electrons. The smallest absolute Gasteiger partial charge is 0.268 e. The fraction of sp³-hybridized carbons (Fsp3) is 0.217. The van der Waals surface area contributed by atoms with Crippen LogP contribution in [0.15, 0.2) is 41.5 Å². The first-order valence-electron chi connectivity index (χ1n) is 10.7. The Hall–Kier alpha value is -4.23. The maximum Gasteiger partial charge on any atom is 0.268 e. The molecule has 0 bridgehead atoms. The number of rotatable bonds is 5. The predicted molar refractivity (Wildman–Crippen MR) is 130 cm³/mol. The zero-order chi connectivity index (χ0) is 24.0. The van der Waals surface area contributed by atoms with Gasteiger partial charge in [-0.15, -0.1) is 0 Å². The maximum atomic E-state index is 13.8. The predicted octanol–water partition coefficient (Wildman–Crippen LogP) is 3.30. The van der Waals surface area contributed by atoms with E-state index in [1.807, 2.05) is 25.3 Å². The van der Waals surface area contributed by atoms with Gasteiger partial charge in [-0.1, -0.05) is 17.7 Å². The van der Waals surface area contributed by atoms with Crippen LogP contribution in [0.25, 0.3) is 16.6 Å². The molecular formula is C23H20ClN9O. The van der Waals surface area contributed by atoms with E-state index in [9.17, 15) is 10.1 Å². The van der Waals surface area contributed by atoms with Crippen LogP contribution in [0.4, 0.5) is 23.5 Å². The molecule has 34 heavy (non-hydrogen) atoms. The van der Waals surface area contributed by atoms with Crippen molar-refractivity contribution in [2.45, 2.75) is 25.7 Å². The van der Waals surface area contributed by atoms with E-state index in [0.717, 1.165) is 18.4 Å². The second-order valence-corrected chi connectivity index (χ2v) is 8.37. The number of nitrogens with two attached hydrogens (primary N) is 2. The molecule has 0 spiro atoms. The number of anilines is 4. The lowest BCUT2D eigenvalue weighted by Crippen LogP contribution is -2.31. The zero-order valence-corrected chi connectivity index (χ0v) is 19.0. The first kappa shape index (κ1) is 21.6. The van der Waals surface area contributed by atoms with Gasteiger partial charge in [0.15, 0.2) is 5.82 Å². The molecule has 0 amide bonds. The van der Waals surface area contributed by atoms with Gasteiger partial charge in [0.1, 0.15) is 17.5 Å². The first-order chi connectivity index (χ1) is 16.4. The largest absolute Gasteiger partial charge is 0.382 e. The highest BCUT2D eigenvalue weighted by molar-refractivity contribution is 6.35. The van der Waals surface area contributed by atoms with E-state index < -0.39 is 0 Å². The summed E-state index contributed by atoms with van der Waals surface area (Å²) in [5, 5.41) is 10.3. The van der Waals surface area contributed by atoms with Crippen LogP contribution < -0.4 is 21.9 Å². The number of aromatic nitrogens is 5. The Morgan fingerprint density at radius 3 is 2.74 bits per heavy atom. The lowest BCUT2D eigenvalue weighted by Gasteiger charge is -2.26. The van der Waals surface area contributed by atoms with Gasteiger partial charge < -0.3 is 11.5 Å². The molecule has 3 aromatic heterocycles. The molecule has 10 nitrogen and oxygen atoms in total. The normalized spacial score (nSPS) is 13.1. The Morgan fingerprint density at radius 1 is 1.24 bits per heavy atom. The number of fused-ring (bicyclic) bond motifs is 1. The van der Waals surface area contributed by atoms with Crippen molar-refractivity contribution in [1.29, 1.82) is 5.26 Å². The van der Waals surface area contributed by atoms with Gasteiger partial charge in [0.2, 0.25) is 11.9 Å². The van der Waals surface area contributed by atoms with Gasteiger partial charge in [0, 0.05) is 12.7 Å². The number of benzene rings is 1. The summed E-state index contributed by atoms with van der Waals surface area (Å²) in [6.07, 6.45) is 5.58. The molecule has 0 aliphatic heterocycles. The topological polar surface area (TPSA) is 153 Å². The molecule has 0 saturated heterocycles. The lowest BCUT2D eigenvalue weighted by molar-refractivity contribution is 0.854. The SMILES string of the molecule is CCN(c1nc(N)nc(N)c1C#N)c1nc2cccc(Cl)c2c(=O)n1-c1cncc(C2CC2)c1. The summed E-state index contributed by atoms with van der Waals surface area (Å²) in [6.45, 7) is 2.14. The Bertz CT molecular complexity index is 1540. The van der Waals surface area contributed by atoms with Crippen LogP contribution in [-0.4, -0.2) is 31.0 Å². The molecule has 5 rings (SSSR count). The van der Waals surface area contributed by atoms with E-state index in [0.29, 0.717) is 23.7 Å². The Labute approximate surface area is 199 Å². The van der Waals surface area contributed by atoms with Gasteiger partial charge in [0.05, 0.1) is 27.8 Å². The Balaban J connectivity index is 1.85. The van der Waals surface area contributed by atoms with Crippen LogP contribution in [0.2, 0.25) is 5.02 Å². The van der Waals surface area contributed by atoms with Crippen molar-refractivity contribution in [2.24, 2.45) is 0 Å². The number of nitrogen functional groups attached to an aromatic ring is 2. The molecule has 11 heteroatoms. The Kier molecular flexibility index (Phi) is 5.26. The average Bonchev–Trinajstić information content (AvgIpc) is 3.65. The van der Waals surface area contributed by atoms with Crippen LogP contribution in [0.3, 0.4) is 0 Å². The van der Waals surface area contributed by atoms with E-state index in [1.54, 1.807) is 29.3 Å². The third-order valence-corrected chi connectivity index (χ3v) is 6.06. The summed E-state index contributed by atoms with van der Waals surface area (Å²) < 4.78 is 1.44. The highest BCUT2D eigenvalue weighted by Gasteiger charge is 2.27. The van der Waals surface area contributed by atoms with Crippen molar-refractivity contribution < 1.29 is 0 Å². The molecule has 0 atom stereocenters. The fourth-order valence-electron chi connectivity index (χ4n) is 3.97. The molecule has 1 saturated carbocycles. The standard InChI is InChI=1S/C23H20ClN9O/c1-2-32(20-15(9-25)19(26)30-22(27)31-20)23-29-17-5-3-4-16(24)18(17)21(34)33(23)14-8-13(10-28-11-14)12-6-7-12/h3-5,8,10-12H,2,6-7H2,1H3,(H4,26,27,30,31). The van der Waals surface area contributed by atoms with Gasteiger partial charge in [0.25, 0.3) is 5.56 Å². The van der Waals surface area contributed by atoms with E-state index in [-0.39, 0.29) is 45.1 Å². The quantitative estimate of drug-likeness (QED) is 0.444. The van der Waals surface area contributed by atoms with Gasteiger partial charge in [-0.2, -0.15) is 15.2 Å². The number of pyridine rings is 1. The first-order valence-corrected chi connectivity index (χ1v) is 11.1. The van der Waals surface area contributed by atoms with Crippen LogP contribution in [0.1, 0.15) is 36.8 Å². The molecule has 1 aliphatic carbocycles. The second kappa shape index (κ2) is 8.28. The number of hydrogen-bond acceptors (Lipinski definition) is 9. The highest BCUT2D eigenvalue weighted by atomic mass is 35.5. The van der Waals surface area contributed by atoms with Gasteiger partial charge >= 0.3 is 0 Å². The summed E-state index contributed by atoms with van der Waals surface area (Å²) in [6, 6.07) is 9.04. The van der Waals surface area contributed by atoms with Crippen LogP contribution >= 0.6 is 11.6 Å². The average molecular weight is 474 g/mol. The van der Waals surface area contributed by atoms with E-state index in [4.69, 9.17) is 28.1 Å².